The first-order valence-electron chi connectivity index (χ1n) is 13.0. The molecule has 4 N–H and O–H groups in total. The van der Waals surface area contributed by atoms with Crippen LogP contribution in [0.2, 0.25) is 0 Å². The van der Waals surface area contributed by atoms with E-state index in [9.17, 15) is 9.90 Å². The van der Waals surface area contributed by atoms with Crippen molar-refractivity contribution >= 4 is 5.97 Å². The second-order valence-electron chi connectivity index (χ2n) is 9.16. The maximum absolute atomic E-state index is 12.6. The van der Waals surface area contributed by atoms with Crippen molar-refractivity contribution in [2.45, 2.75) is 32.5 Å². The summed E-state index contributed by atoms with van der Waals surface area (Å²) >= 11 is 0. The Morgan fingerprint density at radius 1 is 1.16 bits per heavy atom. The third-order valence-corrected chi connectivity index (χ3v) is 6.49. The molecule has 2 aromatic rings. The van der Waals surface area contributed by atoms with Crippen molar-refractivity contribution in [1.82, 2.24) is 15.1 Å². The van der Waals surface area contributed by atoms with E-state index in [1.54, 1.807) is 26.2 Å². The van der Waals surface area contributed by atoms with Gasteiger partial charge < -0.3 is 30.5 Å². The zero-order valence-electron chi connectivity index (χ0n) is 22.4. The molecule has 0 aliphatic carbocycles. The van der Waals surface area contributed by atoms with Gasteiger partial charge in [0.2, 0.25) is 0 Å². The van der Waals surface area contributed by atoms with Crippen molar-refractivity contribution in [2.24, 2.45) is 5.73 Å². The number of esters is 1. The van der Waals surface area contributed by atoms with Gasteiger partial charge >= 0.3 is 5.97 Å². The van der Waals surface area contributed by atoms with E-state index in [1.807, 2.05) is 54.6 Å². The molecule has 1 fully saturated rings. The molecule has 8 nitrogen and oxygen atoms in total. The standard InChI is InChI=1S/C30H40N4O4/c1-4-6-8-13-28(31)34-16-14-33(15-17-34)22-25-18-24(20-27(37-3)29(25)35)21-32-26(30(36)38-5-2)19-23-11-9-7-10-12-23/h4,6-13,18,20,26,32,35H,1,5,14-17,19,21-22,31H2,2-3H3/b8-6-,28-13+/t26-/m0/s1. The number of carbonyl (C=O) groups is 1. The summed E-state index contributed by atoms with van der Waals surface area (Å²) in [5.41, 5.74) is 8.95. The van der Waals surface area contributed by atoms with E-state index in [-0.39, 0.29) is 11.7 Å². The molecule has 0 amide bonds. The SMILES string of the molecule is C=C/C=C\C=C(/N)N1CCN(Cc2cc(CN[C@@H](Cc3ccccc3)C(=O)OCC)cc(OC)c2O)CC1. The number of aromatic hydroxyl groups is 1. The number of allylic oxidation sites excluding steroid dienone is 4. The molecule has 0 bridgehead atoms. The molecule has 1 aliphatic heterocycles. The number of nitrogens with two attached hydrogens (primary N) is 1. The smallest absolute Gasteiger partial charge is 0.323 e. The van der Waals surface area contributed by atoms with Crippen LogP contribution >= 0.6 is 0 Å². The van der Waals surface area contributed by atoms with E-state index < -0.39 is 6.04 Å². The number of nitrogens with zero attached hydrogens (tertiary/aromatic N) is 2. The number of rotatable bonds is 13. The Hall–Kier alpha value is -3.75. The van der Waals surface area contributed by atoms with Crippen LogP contribution in [-0.2, 0) is 29.0 Å². The van der Waals surface area contributed by atoms with Gasteiger partial charge in [0.25, 0.3) is 0 Å². The molecule has 8 heteroatoms. The number of carbonyl (C=O) groups excluding carboxylic acids is 1. The van der Waals surface area contributed by atoms with E-state index in [2.05, 4.69) is 21.7 Å². The Morgan fingerprint density at radius 2 is 1.89 bits per heavy atom. The molecular weight excluding hydrogens is 480 g/mol. The van der Waals surface area contributed by atoms with E-state index in [1.165, 1.54) is 0 Å². The van der Waals surface area contributed by atoms with Crippen LogP contribution in [0.15, 0.2) is 79.2 Å². The van der Waals surface area contributed by atoms with Gasteiger partial charge in [0.15, 0.2) is 11.5 Å². The Morgan fingerprint density at radius 3 is 2.55 bits per heavy atom. The summed E-state index contributed by atoms with van der Waals surface area (Å²) in [5.74, 6) is 0.995. The zero-order chi connectivity index (χ0) is 27.3. The Bertz CT molecular complexity index is 1110. The van der Waals surface area contributed by atoms with Gasteiger partial charge in [0.1, 0.15) is 6.04 Å². The minimum absolute atomic E-state index is 0.138. The second-order valence-corrected chi connectivity index (χ2v) is 9.16. The van der Waals surface area contributed by atoms with Crippen LogP contribution < -0.4 is 15.8 Å². The fourth-order valence-electron chi connectivity index (χ4n) is 4.42. The molecule has 0 aromatic heterocycles. The van der Waals surface area contributed by atoms with Crippen molar-refractivity contribution in [3.8, 4) is 11.5 Å². The average Bonchev–Trinajstić information content (AvgIpc) is 2.93. The molecule has 0 unspecified atom stereocenters. The summed E-state index contributed by atoms with van der Waals surface area (Å²) < 4.78 is 10.8. The predicted molar refractivity (Wildman–Crippen MR) is 151 cm³/mol. The van der Waals surface area contributed by atoms with Crippen molar-refractivity contribution in [3.05, 3.63) is 95.9 Å². The van der Waals surface area contributed by atoms with E-state index >= 15 is 0 Å². The minimum Gasteiger partial charge on any atom is -0.504 e. The van der Waals surface area contributed by atoms with Gasteiger partial charge in [-0.25, -0.2) is 0 Å². The number of phenolic OH excluding ortho intramolecular Hbond substituents is 1. The highest BCUT2D eigenvalue weighted by molar-refractivity contribution is 5.76. The summed E-state index contributed by atoms with van der Waals surface area (Å²) in [7, 11) is 1.54. The maximum Gasteiger partial charge on any atom is 0.323 e. The lowest BCUT2D eigenvalue weighted by molar-refractivity contribution is -0.145. The number of hydrogen-bond acceptors (Lipinski definition) is 8. The second kappa shape index (κ2) is 14.9. The van der Waals surface area contributed by atoms with Gasteiger partial charge in [0.05, 0.1) is 19.5 Å². The topological polar surface area (TPSA) is 100 Å². The van der Waals surface area contributed by atoms with Gasteiger partial charge in [-0.05, 0) is 42.7 Å². The highest BCUT2D eigenvalue weighted by Gasteiger charge is 2.22. The van der Waals surface area contributed by atoms with Crippen LogP contribution in [0.25, 0.3) is 0 Å². The quantitative estimate of drug-likeness (QED) is 0.273. The third kappa shape index (κ3) is 8.39. The molecule has 1 aliphatic rings. The van der Waals surface area contributed by atoms with E-state index in [4.69, 9.17) is 15.2 Å². The van der Waals surface area contributed by atoms with E-state index in [0.29, 0.717) is 31.9 Å². The summed E-state index contributed by atoms with van der Waals surface area (Å²) in [4.78, 5) is 17.1. The van der Waals surface area contributed by atoms with Crippen LogP contribution in [0.3, 0.4) is 0 Å². The highest BCUT2D eigenvalue weighted by atomic mass is 16.5. The fourth-order valence-corrected chi connectivity index (χ4v) is 4.42. The first kappa shape index (κ1) is 28.8. The van der Waals surface area contributed by atoms with Crippen molar-refractivity contribution in [3.63, 3.8) is 0 Å². The summed E-state index contributed by atoms with van der Waals surface area (Å²) in [6.45, 7) is 10.0. The Labute approximate surface area is 226 Å². The number of hydrogen-bond donors (Lipinski definition) is 3. The lowest BCUT2D eigenvalue weighted by atomic mass is 10.0. The van der Waals surface area contributed by atoms with Crippen molar-refractivity contribution < 1.29 is 19.4 Å². The van der Waals surface area contributed by atoms with Gasteiger partial charge in [0, 0.05) is 44.8 Å². The van der Waals surface area contributed by atoms with Crippen LogP contribution in [0.1, 0.15) is 23.6 Å². The molecule has 38 heavy (non-hydrogen) atoms. The maximum atomic E-state index is 12.6. The van der Waals surface area contributed by atoms with Gasteiger partial charge in [-0.15, -0.1) is 0 Å². The normalized spacial score (nSPS) is 15.4. The lowest BCUT2D eigenvalue weighted by Crippen LogP contribution is -2.46. The summed E-state index contributed by atoms with van der Waals surface area (Å²) in [6, 6.07) is 13.1. The van der Waals surface area contributed by atoms with Crippen molar-refractivity contribution in [1.29, 1.82) is 0 Å². The molecule has 1 atom stereocenters. The van der Waals surface area contributed by atoms with E-state index in [0.717, 1.165) is 48.7 Å². The van der Waals surface area contributed by atoms with Crippen LogP contribution in [-0.4, -0.2) is 66.8 Å². The average molecular weight is 521 g/mol. The number of piperazine rings is 1. The number of ether oxygens (including phenoxy) is 2. The van der Waals surface area contributed by atoms with Crippen LogP contribution in [0.4, 0.5) is 0 Å². The monoisotopic (exact) mass is 520 g/mol. The number of benzene rings is 2. The van der Waals surface area contributed by atoms with Gasteiger partial charge in [-0.1, -0.05) is 55.1 Å². The molecule has 1 saturated heterocycles. The Kier molecular flexibility index (Phi) is 11.3. The predicted octanol–water partition coefficient (Wildman–Crippen LogP) is 3.32. The Balaban J connectivity index is 1.67. The van der Waals surface area contributed by atoms with Crippen LogP contribution in [0, 0.1) is 0 Å². The molecule has 204 valence electrons. The van der Waals surface area contributed by atoms with Gasteiger partial charge in [-0.3, -0.25) is 9.69 Å². The molecule has 3 rings (SSSR count). The lowest BCUT2D eigenvalue weighted by Gasteiger charge is -2.36. The number of phenols is 1. The third-order valence-electron chi connectivity index (χ3n) is 6.49. The number of methoxy groups -OCH3 is 1. The van der Waals surface area contributed by atoms with Crippen LogP contribution in [0.5, 0.6) is 11.5 Å². The summed E-state index contributed by atoms with van der Waals surface area (Å²) in [6.07, 6.45) is 7.84. The molecule has 0 saturated carbocycles. The number of nitrogens with one attached hydrogen (secondary N) is 1. The molecule has 0 spiro atoms. The summed E-state index contributed by atoms with van der Waals surface area (Å²) in [5, 5.41) is 14.2. The fraction of sp³-hybridized carbons (Fsp3) is 0.367. The largest absolute Gasteiger partial charge is 0.504 e. The van der Waals surface area contributed by atoms with Gasteiger partial charge in [-0.2, -0.15) is 0 Å². The first-order valence-corrected chi connectivity index (χ1v) is 13.0. The molecule has 0 radical (unpaired) electrons. The minimum atomic E-state index is -0.492. The molecule has 1 heterocycles. The molecule has 2 aromatic carbocycles. The zero-order valence-corrected chi connectivity index (χ0v) is 22.4. The molecular formula is C30H40N4O4. The highest BCUT2D eigenvalue weighted by Crippen LogP contribution is 2.32. The first-order chi connectivity index (χ1) is 18.4. The van der Waals surface area contributed by atoms with Crippen molar-refractivity contribution in [2.75, 3.05) is 39.9 Å².